The van der Waals surface area contributed by atoms with Gasteiger partial charge >= 0.3 is 5.97 Å². The summed E-state index contributed by atoms with van der Waals surface area (Å²) in [5, 5.41) is 2.85. The van der Waals surface area contributed by atoms with Crippen LogP contribution in [0.25, 0.3) is 0 Å². The summed E-state index contributed by atoms with van der Waals surface area (Å²) in [4.78, 5) is 24.3. The van der Waals surface area contributed by atoms with Crippen molar-refractivity contribution in [3.63, 3.8) is 0 Å². The lowest BCUT2D eigenvalue weighted by atomic mass is 9.70. The van der Waals surface area contributed by atoms with Crippen LogP contribution < -0.4 is 11.1 Å². The van der Waals surface area contributed by atoms with Crippen LogP contribution in [0.1, 0.15) is 46.5 Å². The minimum atomic E-state index is -0.602. The molecular formula is C15H28N2O3. The molecule has 116 valence electrons. The van der Waals surface area contributed by atoms with Gasteiger partial charge in [0.25, 0.3) is 0 Å². The predicted molar refractivity (Wildman–Crippen MR) is 77.9 cm³/mol. The number of nitrogens with two attached hydrogens (primary N) is 1. The SMILES string of the molecule is COC(=O)C(NC(=O)C1(CN)CCC(C)CC1)C(C)C. The molecule has 0 aromatic rings. The van der Waals surface area contributed by atoms with Crippen molar-refractivity contribution in [3.8, 4) is 0 Å². The summed E-state index contributed by atoms with van der Waals surface area (Å²) in [5.74, 6) is 0.133. The number of methoxy groups -OCH3 is 1. The highest BCUT2D eigenvalue weighted by Crippen LogP contribution is 2.38. The standard InChI is InChI=1S/C15H28N2O3/c1-10(2)12(13(18)20-4)17-14(19)15(9-16)7-5-11(3)6-8-15/h10-12H,5-9,16H2,1-4H3,(H,17,19). The second-order valence-electron chi connectivity index (χ2n) is 6.39. The van der Waals surface area contributed by atoms with Crippen molar-refractivity contribution in [1.82, 2.24) is 5.32 Å². The maximum atomic E-state index is 12.6. The van der Waals surface area contributed by atoms with Crippen molar-refractivity contribution >= 4 is 11.9 Å². The molecule has 1 fully saturated rings. The maximum absolute atomic E-state index is 12.6. The second kappa shape index (κ2) is 7.07. The van der Waals surface area contributed by atoms with E-state index in [1.54, 1.807) is 0 Å². The van der Waals surface area contributed by atoms with Gasteiger partial charge in [0, 0.05) is 6.54 Å². The van der Waals surface area contributed by atoms with Crippen LogP contribution in [-0.4, -0.2) is 31.6 Å². The van der Waals surface area contributed by atoms with Crippen LogP contribution in [0, 0.1) is 17.3 Å². The van der Waals surface area contributed by atoms with Crippen molar-refractivity contribution in [2.45, 2.75) is 52.5 Å². The van der Waals surface area contributed by atoms with E-state index in [0.717, 1.165) is 25.7 Å². The number of carbonyl (C=O) groups is 2. The molecule has 0 bridgehead atoms. The summed E-state index contributed by atoms with van der Waals surface area (Å²) < 4.78 is 4.76. The number of amides is 1. The molecule has 0 aromatic carbocycles. The quantitative estimate of drug-likeness (QED) is 0.749. The molecule has 1 amide bonds. The molecule has 5 nitrogen and oxygen atoms in total. The molecule has 0 saturated heterocycles. The van der Waals surface area contributed by atoms with Crippen LogP contribution in [0.3, 0.4) is 0 Å². The Kier molecular flexibility index (Phi) is 5.99. The van der Waals surface area contributed by atoms with Crippen LogP contribution in [0.4, 0.5) is 0 Å². The molecule has 0 radical (unpaired) electrons. The van der Waals surface area contributed by atoms with Crippen molar-refractivity contribution in [1.29, 1.82) is 0 Å². The molecule has 20 heavy (non-hydrogen) atoms. The van der Waals surface area contributed by atoms with Gasteiger partial charge in [-0.05, 0) is 37.5 Å². The lowest BCUT2D eigenvalue weighted by molar-refractivity contribution is -0.148. The van der Waals surface area contributed by atoms with E-state index in [4.69, 9.17) is 10.5 Å². The van der Waals surface area contributed by atoms with Gasteiger partial charge in [0.2, 0.25) is 5.91 Å². The molecule has 5 heteroatoms. The van der Waals surface area contributed by atoms with Gasteiger partial charge < -0.3 is 15.8 Å². The third-order valence-electron chi connectivity index (χ3n) is 4.51. The number of ether oxygens (including phenoxy) is 1. The fraction of sp³-hybridized carbons (Fsp3) is 0.867. The van der Waals surface area contributed by atoms with Gasteiger partial charge in [-0.1, -0.05) is 20.8 Å². The van der Waals surface area contributed by atoms with E-state index < -0.39 is 17.4 Å². The van der Waals surface area contributed by atoms with Gasteiger partial charge in [-0.2, -0.15) is 0 Å². The van der Waals surface area contributed by atoms with Crippen LogP contribution in [0.2, 0.25) is 0 Å². The highest BCUT2D eigenvalue weighted by atomic mass is 16.5. The van der Waals surface area contributed by atoms with Crippen molar-refractivity contribution in [2.75, 3.05) is 13.7 Å². The number of esters is 1. The van der Waals surface area contributed by atoms with Gasteiger partial charge in [0.1, 0.15) is 6.04 Å². The van der Waals surface area contributed by atoms with Crippen LogP contribution in [0.5, 0.6) is 0 Å². The Morgan fingerprint density at radius 3 is 2.30 bits per heavy atom. The lowest BCUT2D eigenvalue weighted by Gasteiger charge is -2.38. The van der Waals surface area contributed by atoms with Crippen LogP contribution in [-0.2, 0) is 14.3 Å². The Hall–Kier alpha value is -1.10. The highest BCUT2D eigenvalue weighted by molar-refractivity contribution is 5.88. The monoisotopic (exact) mass is 284 g/mol. The topological polar surface area (TPSA) is 81.4 Å². The fourth-order valence-electron chi connectivity index (χ4n) is 2.76. The van der Waals surface area contributed by atoms with Crippen LogP contribution in [0.15, 0.2) is 0 Å². The van der Waals surface area contributed by atoms with E-state index >= 15 is 0 Å². The van der Waals surface area contributed by atoms with Gasteiger partial charge in [0.05, 0.1) is 12.5 Å². The number of nitrogens with one attached hydrogen (secondary N) is 1. The molecule has 1 aliphatic rings. The zero-order valence-corrected chi connectivity index (χ0v) is 13.1. The van der Waals surface area contributed by atoms with E-state index in [2.05, 4.69) is 12.2 Å². The summed E-state index contributed by atoms with van der Waals surface area (Å²) in [6.45, 7) is 6.31. The normalized spacial score (nSPS) is 28.0. The van der Waals surface area contributed by atoms with Gasteiger partial charge in [-0.15, -0.1) is 0 Å². The lowest BCUT2D eigenvalue weighted by Crippen LogP contribution is -2.54. The number of hydrogen-bond acceptors (Lipinski definition) is 4. The average molecular weight is 284 g/mol. The largest absolute Gasteiger partial charge is 0.467 e. The Morgan fingerprint density at radius 2 is 1.90 bits per heavy atom. The minimum Gasteiger partial charge on any atom is -0.467 e. The second-order valence-corrected chi connectivity index (χ2v) is 6.39. The van der Waals surface area contributed by atoms with Crippen molar-refractivity contribution < 1.29 is 14.3 Å². The number of carbonyl (C=O) groups excluding carboxylic acids is 2. The summed E-state index contributed by atoms with van der Waals surface area (Å²) in [6.07, 6.45) is 3.61. The predicted octanol–water partition coefficient (Wildman–Crippen LogP) is 1.46. The first-order valence-corrected chi connectivity index (χ1v) is 7.45. The van der Waals surface area contributed by atoms with E-state index in [-0.39, 0.29) is 11.8 Å². The third kappa shape index (κ3) is 3.72. The van der Waals surface area contributed by atoms with Crippen molar-refractivity contribution in [2.24, 2.45) is 23.0 Å². The van der Waals surface area contributed by atoms with E-state index in [9.17, 15) is 9.59 Å². The van der Waals surface area contributed by atoms with Crippen molar-refractivity contribution in [3.05, 3.63) is 0 Å². The average Bonchev–Trinajstić information content (AvgIpc) is 2.44. The summed E-state index contributed by atoms with van der Waals surface area (Å²) in [6, 6.07) is -0.602. The van der Waals surface area contributed by atoms with Crippen LogP contribution >= 0.6 is 0 Å². The third-order valence-corrected chi connectivity index (χ3v) is 4.51. The smallest absolute Gasteiger partial charge is 0.328 e. The molecule has 1 unspecified atom stereocenters. The van der Waals surface area contributed by atoms with Gasteiger partial charge in [-0.3, -0.25) is 4.79 Å². The summed E-state index contributed by atoms with van der Waals surface area (Å²) in [5.41, 5.74) is 5.35. The van der Waals surface area contributed by atoms with E-state index in [1.165, 1.54) is 7.11 Å². The zero-order valence-electron chi connectivity index (χ0n) is 13.1. The van der Waals surface area contributed by atoms with Gasteiger partial charge in [0.15, 0.2) is 0 Å². The minimum absolute atomic E-state index is 0.0104. The highest BCUT2D eigenvalue weighted by Gasteiger charge is 2.41. The number of hydrogen-bond donors (Lipinski definition) is 2. The maximum Gasteiger partial charge on any atom is 0.328 e. The summed E-state index contributed by atoms with van der Waals surface area (Å²) in [7, 11) is 1.34. The first kappa shape index (κ1) is 17.0. The fourth-order valence-corrected chi connectivity index (χ4v) is 2.76. The Labute approximate surface area is 121 Å². The molecule has 0 spiro atoms. The molecule has 1 rings (SSSR count). The molecular weight excluding hydrogens is 256 g/mol. The Morgan fingerprint density at radius 1 is 1.35 bits per heavy atom. The molecule has 1 atom stereocenters. The number of rotatable bonds is 5. The molecule has 1 aliphatic carbocycles. The summed E-state index contributed by atoms with van der Waals surface area (Å²) >= 11 is 0. The molecule has 0 heterocycles. The first-order chi connectivity index (χ1) is 9.36. The molecule has 3 N–H and O–H groups in total. The van der Waals surface area contributed by atoms with E-state index in [1.807, 2.05) is 13.8 Å². The molecule has 0 aromatic heterocycles. The van der Waals surface area contributed by atoms with E-state index in [0.29, 0.717) is 12.5 Å². The van der Waals surface area contributed by atoms with Gasteiger partial charge in [-0.25, -0.2) is 4.79 Å². The Bertz CT molecular complexity index is 347. The Balaban J connectivity index is 2.78. The first-order valence-electron chi connectivity index (χ1n) is 7.45. The molecule has 0 aliphatic heterocycles. The zero-order chi connectivity index (χ0) is 15.3. The molecule has 1 saturated carbocycles.